The molecule has 7 nitrogen and oxygen atoms in total. The lowest BCUT2D eigenvalue weighted by molar-refractivity contribution is -0.136. The summed E-state index contributed by atoms with van der Waals surface area (Å²) >= 11 is 0. The van der Waals surface area contributed by atoms with E-state index in [9.17, 15) is 22.4 Å². The zero-order valence-corrected chi connectivity index (χ0v) is 14.7. The maximum atomic E-state index is 13.9. The van der Waals surface area contributed by atoms with E-state index < -0.39 is 40.2 Å². The van der Waals surface area contributed by atoms with Crippen molar-refractivity contribution in [2.75, 3.05) is 17.6 Å². The van der Waals surface area contributed by atoms with Crippen LogP contribution in [0.25, 0.3) is 0 Å². The molecule has 25 heavy (non-hydrogen) atoms. The first-order chi connectivity index (χ1) is 11.7. The van der Waals surface area contributed by atoms with Crippen LogP contribution in [0.2, 0.25) is 0 Å². The van der Waals surface area contributed by atoms with Crippen molar-refractivity contribution in [3.8, 4) is 0 Å². The van der Waals surface area contributed by atoms with Gasteiger partial charge in [-0.3, -0.25) is 9.59 Å². The predicted octanol–water partition coefficient (Wildman–Crippen LogP) is 1.60. The van der Waals surface area contributed by atoms with Crippen LogP contribution in [-0.2, 0) is 26.0 Å². The number of amides is 1. The van der Waals surface area contributed by atoms with E-state index in [1.807, 2.05) is 0 Å². The summed E-state index contributed by atoms with van der Waals surface area (Å²) in [5.74, 6) is -2.42. The molecule has 138 valence electrons. The summed E-state index contributed by atoms with van der Waals surface area (Å²) in [6.45, 7) is 2.05. The summed E-state index contributed by atoms with van der Waals surface area (Å²) in [5.41, 5.74) is 0.176. The predicted molar refractivity (Wildman–Crippen MR) is 90.2 cm³/mol. The lowest BCUT2D eigenvalue weighted by Crippen LogP contribution is -2.44. The maximum absolute atomic E-state index is 13.9. The second-order valence-corrected chi connectivity index (χ2v) is 7.99. The van der Waals surface area contributed by atoms with Crippen molar-refractivity contribution < 1.29 is 27.5 Å². The number of hydrogen-bond donors (Lipinski definition) is 2. The highest BCUT2D eigenvalue weighted by atomic mass is 32.2. The molecule has 1 aliphatic heterocycles. The minimum atomic E-state index is -3.49. The van der Waals surface area contributed by atoms with Gasteiger partial charge in [-0.25, -0.2) is 12.8 Å². The number of halogens is 1. The Morgan fingerprint density at radius 3 is 2.72 bits per heavy atom. The van der Waals surface area contributed by atoms with E-state index in [1.54, 1.807) is 6.92 Å². The van der Waals surface area contributed by atoms with Gasteiger partial charge in [0.2, 0.25) is 15.9 Å². The third kappa shape index (κ3) is 4.76. The molecule has 0 bridgehead atoms. The van der Waals surface area contributed by atoms with E-state index in [4.69, 9.17) is 5.11 Å². The van der Waals surface area contributed by atoms with Gasteiger partial charge in [0.05, 0.1) is 12.2 Å². The van der Waals surface area contributed by atoms with E-state index in [1.165, 1.54) is 16.4 Å². The molecule has 0 saturated carbocycles. The summed E-state index contributed by atoms with van der Waals surface area (Å²) in [6, 6.07) is 2.92. The molecule has 0 spiro atoms. The van der Waals surface area contributed by atoms with Gasteiger partial charge in [0.1, 0.15) is 11.9 Å². The summed E-state index contributed by atoms with van der Waals surface area (Å²) in [6.07, 6.45) is 1.01. The Kier molecular flexibility index (Phi) is 6.12. The number of carboxylic acids is 1. The SMILES string of the molecule is CCCS(=O)(=O)N1CCCC1C(=O)Nc1ccc(CC(=O)O)c(F)c1. The molecule has 0 aliphatic carbocycles. The van der Waals surface area contributed by atoms with Crippen molar-refractivity contribution in [2.24, 2.45) is 0 Å². The molecular formula is C16H21FN2O5S. The average molecular weight is 372 g/mol. The van der Waals surface area contributed by atoms with E-state index >= 15 is 0 Å². The molecule has 1 amide bonds. The molecule has 1 aliphatic rings. The zero-order chi connectivity index (χ0) is 18.6. The molecule has 0 aromatic heterocycles. The summed E-state index contributed by atoms with van der Waals surface area (Å²) < 4.78 is 39.6. The smallest absolute Gasteiger partial charge is 0.307 e. The summed E-state index contributed by atoms with van der Waals surface area (Å²) in [7, 11) is -3.49. The summed E-state index contributed by atoms with van der Waals surface area (Å²) in [5, 5.41) is 11.2. The van der Waals surface area contributed by atoms with Gasteiger partial charge < -0.3 is 10.4 Å². The Hall–Kier alpha value is -2.00. The van der Waals surface area contributed by atoms with Gasteiger partial charge >= 0.3 is 5.97 Å². The van der Waals surface area contributed by atoms with Crippen LogP contribution in [0.1, 0.15) is 31.7 Å². The van der Waals surface area contributed by atoms with Gasteiger partial charge in [-0.2, -0.15) is 4.31 Å². The number of sulfonamides is 1. The number of anilines is 1. The van der Waals surface area contributed by atoms with Crippen molar-refractivity contribution in [3.63, 3.8) is 0 Å². The largest absolute Gasteiger partial charge is 0.481 e. The van der Waals surface area contributed by atoms with Gasteiger partial charge in [-0.05, 0) is 37.0 Å². The third-order valence-corrected chi connectivity index (χ3v) is 6.06. The van der Waals surface area contributed by atoms with Crippen LogP contribution in [0.5, 0.6) is 0 Å². The van der Waals surface area contributed by atoms with Gasteiger partial charge in [-0.15, -0.1) is 0 Å². The number of rotatable bonds is 7. The van der Waals surface area contributed by atoms with Gasteiger partial charge in [0, 0.05) is 12.2 Å². The molecule has 1 saturated heterocycles. The van der Waals surface area contributed by atoms with Gasteiger partial charge in [0.15, 0.2) is 0 Å². The van der Waals surface area contributed by atoms with E-state index in [2.05, 4.69) is 5.32 Å². The average Bonchev–Trinajstić information content (AvgIpc) is 3.00. The number of carbonyl (C=O) groups excluding carboxylic acids is 1. The fraction of sp³-hybridized carbons (Fsp3) is 0.500. The van der Waals surface area contributed by atoms with E-state index in [-0.39, 0.29) is 17.0 Å². The van der Waals surface area contributed by atoms with Crippen LogP contribution in [0.4, 0.5) is 10.1 Å². The monoisotopic (exact) mass is 372 g/mol. The lowest BCUT2D eigenvalue weighted by Gasteiger charge is -2.23. The van der Waals surface area contributed by atoms with Crippen molar-refractivity contribution in [3.05, 3.63) is 29.6 Å². The van der Waals surface area contributed by atoms with Crippen LogP contribution in [-0.4, -0.2) is 48.0 Å². The highest BCUT2D eigenvalue weighted by molar-refractivity contribution is 7.89. The highest BCUT2D eigenvalue weighted by Gasteiger charge is 2.38. The Balaban J connectivity index is 2.11. The molecule has 0 radical (unpaired) electrons. The standard InChI is InChI=1S/C16H21FN2O5S/c1-2-8-25(23,24)19-7-3-4-14(19)16(22)18-12-6-5-11(9-15(20)21)13(17)10-12/h5-6,10,14H,2-4,7-9H2,1H3,(H,18,22)(H,20,21). The second kappa shape index (κ2) is 7.92. The number of carbonyl (C=O) groups is 2. The van der Waals surface area contributed by atoms with Crippen LogP contribution in [0, 0.1) is 5.82 Å². The van der Waals surface area contributed by atoms with Crippen molar-refractivity contribution in [1.82, 2.24) is 4.31 Å². The normalized spacial score (nSPS) is 18.2. The van der Waals surface area contributed by atoms with Gasteiger partial charge in [-0.1, -0.05) is 13.0 Å². The van der Waals surface area contributed by atoms with Crippen LogP contribution >= 0.6 is 0 Å². The molecule has 1 atom stereocenters. The van der Waals surface area contributed by atoms with Crippen molar-refractivity contribution in [2.45, 2.75) is 38.6 Å². The third-order valence-electron chi connectivity index (χ3n) is 3.99. The topological polar surface area (TPSA) is 104 Å². The van der Waals surface area contributed by atoms with Gasteiger partial charge in [0.25, 0.3) is 0 Å². The fourth-order valence-corrected chi connectivity index (χ4v) is 4.61. The van der Waals surface area contributed by atoms with Crippen LogP contribution in [0.15, 0.2) is 18.2 Å². The first kappa shape index (κ1) is 19.3. The van der Waals surface area contributed by atoms with E-state index in [0.29, 0.717) is 25.8 Å². The number of carboxylic acid groups (broad SMARTS) is 1. The first-order valence-electron chi connectivity index (χ1n) is 8.05. The first-order valence-corrected chi connectivity index (χ1v) is 9.66. The molecule has 1 aromatic rings. The second-order valence-electron chi connectivity index (χ2n) is 5.95. The van der Waals surface area contributed by atoms with Crippen LogP contribution in [0.3, 0.4) is 0 Å². The Morgan fingerprint density at radius 2 is 2.12 bits per heavy atom. The highest BCUT2D eigenvalue weighted by Crippen LogP contribution is 2.24. The number of nitrogens with one attached hydrogen (secondary N) is 1. The molecular weight excluding hydrogens is 351 g/mol. The fourth-order valence-electron chi connectivity index (χ4n) is 2.87. The Labute approximate surface area is 145 Å². The lowest BCUT2D eigenvalue weighted by atomic mass is 10.1. The molecule has 1 aromatic carbocycles. The van der Waals surface area contributed by atoms with Crippen LogP contribution < -0.4 is 5.32 Å². The Morgan fingerprint density at radius 1 is 1.40 bits per heavy atom. The molecule has 9 heteroatoms. The van der Waals surface area contributed by atoms with Crippen molar-refractivity contribution in [1.29, 1.82) is 0 Å². The number of aliphatic carboxylic acids is 1. The molecule has 1 unspecified atom stereocenters. The minimum Gasteiger partial charge on any atom is -0.481 e. The minimum absolute atomic E-state index is 0.0125. The molecule has 1 fully saturated rings. The molecule has 2 rings (SSSR count). The quantitative estimate of drug-likeness (QED) is 0.757. The number of hydrogen-bond acceptors (Lipinski definition) is 4. The number of benzene rings is 1. The summed E-state index contributed by atoms with van der Waals surface area (Å²) in [4.78, 5) is 23.1. The Bertz CT molecular complexity index is 766. The van der Waals surface area contributed by atoms with E-state index in [0.717, 1.165) is 6.07 Å². The number of nitrogens with zero attached hydrogens (tertiary/aromatic N) is 1. The zero-order valence-electron chi connectivity index (χ0n) is 13.9. The maximum Gasteiger partial charge on any atom is 0.307 e. The van der Waals surface area contributed by atoms with Crippen molar-refractivity contribution >= 4 is 27.6 Å². The molecule has 1 heterocycles. The molecule has 2 N–H and O–H groups in total.